The number of hydrogen-bond acceptors (Lipinski definition) is 2. The molecule has 118 valence electrons. The molecule has 2 aromatic carbocycles. The second-order valence-electron chi connectivity index (χ2n) is 5.09. The summed E-state index contributed by atoms with van der Waals surface area (Å²) in [7, 11) is 0. The molecular formula is C17H13BrClFN2O. The van der Waals surface area contributed by atoms with Gasteiger partial charge < -0.3 is 0 Å². The summed E-state index contributed by atoms with van der Waals surface area (Å²) in [4.78, 5) is 12.1. The summed E-state index contributed by atoms with van der Waals surface area (Å²) in [6.07, 6.45) is 1.93. The molecule has 1 aliphatic heterocycles. The maximum Gasteiger partial charge on any atom is 0.256 e. The number of halogens is 3. The Bertz CT molecular complexity index is 746. The Morgan fingerprint density at radius 1 is 1.17 bits per heavy atom. The van der Waals surface area contributed by atoms with Crippen molar-refractivity contribution in [1.29, 1.82) is 0 Å². The van der Waals surface area contributed by atoms with Crippen molar-refractivity contribution in [2.24, 2.45) is 0 Å². The van der Waals surface area contributed by atoms with Crippen LogP contribution >= 0.6 is 27.5 Å². The van der Waals surface area contributed by atoms with Gasteiger partial charge >= 0.3 is 0 Å². The zero-order chi connectivity index (χ0) is 16.4. The Labute approximate surface area is 146 Å². The van der Waals surface area contributed by atoms with Gasteiger partial charge in [-0.3, -0.25) is 10.2 Å². The second-order valence-corrected chi connectivity index (χ2v) is 6.28. The normalized spacial score (nSPS) is 16.9. The lowest BCUT2D eigenvalue weighted by Crippen LogP contribution is -2.40. The highest BCUT2D eigenvalue weighted by Gasteiger charge is 2.30. The number of amides is 1. The minimum absolute atomic E-state index is 0.133. The molecule has 23 heavy (non-hydrogen) atoms. The van der Waals surface area contributed by atoms with E-state index in [4.69, 9.17) is 11.6 Å². The first-order chi connectivity index (χ1) is 11.1. The first kappa shape index (κ1) is 16.0. The minimum atomic E-state index is -0.333. The molecule has 0 saturated heterocycles. The average Bonchev–Trinajstić information content (AvgIpc) is 3.00. The molecular weight excluding hydrogens is 383 g/mol. The minimum Gasteiger partial charge on any atom is -0.295 e. The average molecular weight is 396 g/mol. The third kappa shape index (κ3) is 3.41. The predicted octanol–water partition coefficient (Wildman–Crippen LogP) is 4.26. The van der Waals surface area contributed by atoms with E-state index in [1.54, 1.807) is 12.1 Å². The van der Waals surface area contributed by atoms with Crippen molar-refractivity contribution in [2.75, 3.05) is 5.88 Å². The summed E-state index contributed by atoms with van der Waals surface area (Å²) in [5.41, 5.74) is 5.66. The Morgan fingerprint density at radius 3 is 2.43 bits per heavy atom. The van der Waals surface area contributed by atoms with E-state index < -0.39 is 0 Å². The van der Waals surface area contributed by atoms with Crippen LogP contribution in [-0.4, -0.2) is 16.8 Å². The van der Waals surface area contributed by atoms with E-state index in [-0.39, 0.29) is 23.6 Å². The van der Waals surface area contributed by atoms with Crippen LogP contribution in [0.3, 0.4) is 0 Å². The van der Waals surface area contributed by atoms with Gasteiger partial charge in [-0.05, 0) is 41.5 Å². The molecule has 0 fully saturated rings. The topological polar surface area (TPSA) is 32.3 Å². The number of benzene rings is 2. The van der Waals surface area contributed by atoms with E-state index >= 15 is 0 Å². The molecule has 1 N–H and O–H groups in total. The van der Waals surface area contributed by atoms with Crippen LogP contribution in [0.1, 0.15) is 17.2 Å². The number of rotatable bonds is 3. The van der Waals surface area contributed by atoms with E-state index in [2.05, 4.69) is 21.4 Å². The van der Waals surface area contributed by atoms with Crippen molar-refractivity contribution in [2.45, 2.75) is 6.04 Å². The van der Waals surface area contributed by atoms with Gasteiger partial charge in [-0.2, -0.15) is 0 Å². The Hall–Kier alpha value is -1.85. The summed E-state index contributed by atoms with van der Waals surface area (Å²) in [6.45, 7) is 0. The van der Waals surface area contributed by atoms with Crippen LogP contribution in [0.5, 0.6) is 0 Å². The number of hydrazine groups is 1. The van der Waals surface area contributed by atoms with Crippen molar-refractivity contribution < 1.29 is 9.18 Å². The van der Waals surface area contributed by atoms with E-state index in [0.29, 0.717) is 0 Å². The fraction of sp³-hybridized carbons (Fsp3) is 0.118. The van der Waals surface area contributed by atoms with Gasteiger partial charge in [0.1, 0.15) is 11.7 Å². The van der Waals surface area contributed by atoms with E-state index in [1.165, 1.54) is 17.1 Å². The fourth-order valence-electron chi connectivity index (χ4n) is 2.45. The highest BCUT2D eigenvalue weighted by molar-refractivity contribution is 9.10. The molecule has 0 aliphatic carbocycles. The first-order valence-electron chi connectivity index (χ1n) is 6.96. The summed E-state index contributed by atoms with van der Waals surface area (Å²) in [6, 6.07) is 13.5. The van der Waals surface area contributed by atoms with Crippen molar-refractivity contribution in [3.63, 3.8) is 0 Å². The Morgan fingerprint density at radius 2 is 1.83 bits per heavy atom. The number of hydrogen-bond donors (Lipinski definition) is 1. The summed E-state index contributed by atoms with van der Waals surface area (Å²) >= 11 is 9.10. The number of carbonyl (C=O) groups excluding carboxylic acids is 1. The quantitative estimate of drug-likeness (QED) is 0.788. The van der Waals surface area contributed by atoms with E-state index in [0.717, 1.165) is 21.3 Å². The molecule has 0 unspecified atom stereocenters. The number of nitrogens with zero attached hydrogens (tertiary/aromatic N) is 1. The molecule has 0 bridgehead atoms. The van der Waals surface area contributed by atoms with Crippen LogP contribution in [0.25, 0.3) is 5.70 Å². The molecule has 6 heteroatoms. The van der Waals surface area contributed by atoms with Gasteiger partial charge in [0.15, 0.2) is 0 Å². The predicted molar refractivity (Wildman–Crippen MR) is 92.0 cm³/mol. The van der Waals surface area contributed by atoms with Crippen LogP contribution in [-0.2, 0) is 4.79 Å². The van der Waals surface area contributed by atoms with Gasteiger partial charge in [0.25, 0.3) is 5.91 Å². The van der Waals surface area contributed by atoms with Gasteiger partial charge in [-0.15, -0.1) is 11.6 Å². The molecule has 1 aliphatic rings. The van der Waals surface area contributed by atoms with Crippen LogP contribution in [0.2, 0.25) is 0 Å². The second kappa shape index (κ2) is 6.72. The van der Waals surface area contributed by atoms with Crippen molar-refractivity contribution in [1.82, 2.24) is 10.4 Å². The summed E-state index contributed by atoms with van der Waals surface area (Å²) in [5, 5.41) is 1.47. The smallest absolute Gasteiger partial charge is 0.256 e. The maximum absolute atomic E-state index is 13.1. The molecule has 1 atom stereocenters. The van der Waals surface area contributed by atoms with Gasteiger partial charge in [0, 0.05) is 4.47 Å². The Kier molecular flexibility index (Phi) is 4.68. The number of nitrogens with one attached hydrogen (secondary N) is 1. The van der Waals surface area contributed by atoms with Gasteiger partial charge in [0.05, 0.1) is 11.7 Å². The molecule has 0 saturated carbocycles. The first-order valence-corrected chi connectivity index (χ1v) is 8.29. The fourth-order valence-corrected chi connectivity index (χ4v) is 2.84. The van der Waals surface area contributed by atoms with Gasteiger partial charge in [0.2, 0.25) is 0 Å². The van der Waals surface area contributed by atoms with Crippen molar-refractivity contribution in [3.8, 4) is 0 Å². The van der Waals surface area contributed by atoms with Gasteiger partial charge in [-0.1, -0.05) is 40.2 Å². The zero-order valence-corrected chi connectivity index (χ0v) is 14.3. The van der Waals surface area contributed by atoms with Crippen molar-refractivity contribution in [3.05, 3.63) is 76.0 Å². The van der Waals surface area contributed by atoms with Crippen LogP contribution in [0.15, 0.2) is 59.1 Å². The largest absolute Gasteiger partial charge is 0.295 e. The molecule has 2 aromatic rings. The van der Waals surface area contributed by atoms with Crippen LogP contribution < -0.4 is 5.43 Å². The highest BCUT2D eigenvalue weighted by Crippen LogP contribution is 2.31. The van der Waals surface area contributed by atoms with Crippen LogP contribution in [0.4, 0.5) is 4.39 Å². The number of alkyl halides is 1. The summed E-state index contributed by atoms with van der Waals surface area (Å²) in [5.74, 6) is -0.692. The lowest BCUT2D eigenvalue weighted by Gasteiger charge is -2.24. The lowest BCUT2D eigenvalue weighted by molar-refractivity contribution is -0.131. The third-order valence-electron chi connectivity index (χ3n) is 3.59. The van der Waals surface area contributed by atoms with Gasteiger partial charge in [-0.25, -0.2) is 9.40 Å². The Balaban J connectivity index is 1.96. The van der Waals surface area contributed by atoms with E-state index in [1.807, 2.05) is 30.3 Å². The molecule has 3 rings (SSSR count). The molecule has 0 spiro atoms. The van der Waals surface area contributed by atoms with Crippen LogP contribution in [0, 0.1) is 5.82 Å². The van der Waals surface area contributed by atoms with Crippen molar-refractivity contribution >= 4 is 39.1 Å². The highest BCUT2D eigenvalue weighted by atomic mass is 79.9. The third-order valence-corrected chi connectivity index (χ3v) is 4.35. The monoisotopic (exact) mass is 394 g/mol. The molecule has 1 heterocycles. The van der Waals surface area contributed by atoms with E-state index in [9.17, 15) is 9.18 Å². The molecule has 0 radical (unpaired) electrons. The molecule has 3 nitrogen and oxygen atoms in total. The SMILES string of the molecule is O=C(CCl)N1NC(c2ccc(Br)cc2)=C[C@@H]1c1ccc(F)cc1. The maximum atomic E-state index is 13.1. The number of carbonyl (C=O) groups is 1. The summed E-state index contributed by atoms with van der Waals surface area (Å²) < 4.78 is 14.1. The standard InChI is InChI=1S/C17H13BrClFN2O/c18-13-5-1-11(2-6-13)15-9-16(22(21-15)17(23)10-19)12-3-7-14(20)8-4-12/h1-9,16,21H,10H2/t16-/m1/s1. The molecule has 1 amide bonds. The lowest BCUT2D eigenvalue weighted by atomic mass is 10.0. The molecule has 0 aromatic heterocycles. The zero-order valence-electron chi connectivity index (χ0n) is 12.0.